The smallest absolute Gasteiger partial charge is 0.341 e. The maximum Gasteiger partial charge on any atom is 0.341 e. The number of hydrogen-bond donors (Lipinski definition) is 1. The van der Waals surface area contributed by atoms with Gasteiger partial charge in [0, 0.05) is 42.2 Å². The normalized spacial score (nSPS) is 20.8. The Labute approximate surface area is 211 Å². The summed E-state index contributed by atoms with van der Waals surface area (Å²) in [4.78, 5) is 40.8. The lowest BCUT2D eigenvalue weighted by atomic mass is 9.83. The molecule has 0 unspecified atom stereocenters. The molecule has 3 aliphatic rings. The van der Waals surface area contributed by atoms with Crippen molar-refractivity contribution in [3.63, 3.8) is 0 Å². The van der Waals surface area contributed by atoms with Crippen molar-refractivity contribution in [3.8, 4) is 0 Å². The van der Waals surface area contributed by atoms with Gasteiger partial charge in [0.1, 0.15) is 9.32 Å². The highest BCUT2D eigenvalue weighted by atomic mass is 32.2. The van der Waals surface area contributed by atoms with Crippen LogP contribution >= 0.6 is 35.3 Å². The summed E-state index contributed by atoms with van der Waals surface area (Å²) in [5.41, 5.74) is 2.69. The van der Waals surface area contributed by atoms with Crippen LogP contribution in [0.15, 0.2) is 23.0 Å². The summed E-state index contributed by atoms with van der Waals surface area (Å²) >= 11 is 8.53. The average molecular weight is 518 g/mol. The van der Waals surface area contributed by atoms with Gasteiger partial charge in [-0.1, -0.05) is 30.0 Å². The summed E-state index contributed by atoms with van der Waals surface area (Å²) < 4.78 is 7.60. The van der Waals surface area contributed by atoms with Crippen molar-refractivity contribution in [2.75, 3.05) is 31.3 Å². The fourth-order valence-corrected chi connectivity index (χ4v) is 7.68. The zero-order chi connectivity index (χ0) is 23.8. The monoisotopic (exact) mass is 517 g/mol. The van der Waals surface area contributed by atoms with Crippen molar-refractivity contribution < 1.29 is 14.3 Å². The Hall–Kier alpha value is -2.17. The molecule has 4 heterocycles. The SMILES string of the molecule is COC(=O)c1c(NC(=O)CSC(=S)N2C[C@@H]3C[C@H](C2)c2cccc(=O)n2C3)sc2c1CCCC2. The van der Waals surface area contributed by atoms with E-state index in [1.807, 2.05) is 16.7 Å². The van der Waals surface area contributed by atoms with Crippen LogP contribution in [0.4, 0.5) is 5.00 Å². The van der Waals surface area contributed by atoms with Crippen LogP contribution in [0.2, 0.25) is 0 Å². The molecule has 1 aliphatic carbocycles. The first-order chi connectivity index (χ1) is 16.4. The van der Waals surface area contributed by atoms with E-state index in [9.17, 15) is 14.4 Å². The van der Waals surface area contributed by atoms with Gasteiger partial charge in [0.2, 0.25) is 5.91 Å². The number of anilines is 1. The summed E-state index contributed by atoms with van der Waals surface area (Å²) in [5, 5.41) is 3.53. The van der Waals surface area contributed by atoms with Crippen LogP contribution in [0.25, 0.3) is 0 Å². The number of nitrogens with one attached hydrogen (secondary N) is 1. The summed E-state index contributed by atoms with van der Waals surface area (Å²) in [6, 6.07) is 5.49. The minimum atomic E-state index is -0.392. The largest absolute Gasteiger partial charge is 0.465 e. The maximum absolute atomic E-state index is 12.8. The Bertz CT molecular complexity index is 1200. The number of nitrogens with zero attached hydrogens (tertiary/aromatic N) is 2. The number of aromatic nitrogens is 1. The Kier molecular flexibility index (Phi) is 6.81. The Morgan fingerprint density at radius 3 is 2.88 bits per heavy atom. The van der Waals surface area contributed by atoms with Gasteiger partial charge in [-0.3, -0.25) is 9.59 Å². The number of thiocarbonyl (C=S) groups is 1. The van der Waals surface area contributed by atoms with Crippen molar-refractivity contribution in [3.05, 3.63) is 50.3 Å². The summed E-state index contributed by atoms with van der Waals surface area (Å²) in [6.07, 6.45) is 4.99. The van der Waals surface area contributed by atoms with Gasteiger partial charge in [-0.05, 0) is 49.7 Å². The first kappa shape index (κ1) is 23.6. The van der Waals surface area contributed by atoms with E-state index in [1.54, 1.807) is 6.07 Å². The van der Waals surface area contributed by atoms with Crippen molar-refractivity contribution in [1.29, 1.82) is 0 Å². The molecule has 1 saturated heterocycles. The van der Waals surface area contributed by atoms with Crippen LogP contribution in [0.3, 0.4) is 0 Å². The van der Waals surface area contributed by atoms with Gasteiger partial charge in [-0.2, -0.15) is 0 Å². The second-order valence-corrected chi connectivity index (χ2v) is 11.8. The molecule has 0 radical (unpaired) electrons. The van der Waals surface area contributed by atoms with Crippen LogP contribution in [0.1, 0.15) is 51.7 Å². The molecule has 0 spiro atoms. The molecule has 2 aromatic heterocycles. The number of pyridine rings is 1. The Balaban J connectivity index is 1.22. The molecular formula is C24H27N3O4S3. The predicted molar refractivity (Wildman–Crippen MR) is 139 cm³/mol. The topological polar surface area (TPSA) is 80.6 Å². The number of piperidine rings is 1. The average Bonchev–Trinajstić information content (AvgIpc) is 3.20. The number of rotatable bonds is 4. The minimum Gasteiger partial charge on any atom is -0.465 e. The van der Waals surface area contributed by atoms with E-state index in [2.05, 4.69) is 10.2 Å². The van der Waals surface area contributed by atoms with Gasteiger partial charge in [0.05, 0.1) is 18.4 Å². The molecule has 2 atom stereocenters. The molecule has 5 rings (SSSR count). The molecule has 0 saturated carbocycles. The van der Waals surface area contributed by atoms with Crippen molar-refractivity contribution in [2.45, 2.75) is 44.6 Å². The number of amides is 1. The lowest BCUT2D eigenvalue weighted by Gasteiger charge is -2.43. The molecule has 1 N–H and O–H groups in total. The van der Waals surface area contributed by atoms with Gasteiger partial charge in [0.25, 0.3) is 5.56 Å². The highest BCUT2D eigenvalue weighted by Crippen LogP contribution is 2.39. The number of esters is 1. The molecule has 34 heavy (non-hydrogen) atoms. The molecule has 1 fully saturated rings. The number of carbonyl (C=O) groups excluding carboxylic acids is 2. The maximum atomic E-state index is 12.8. The number of thiophene rings is 1. The molecule has 7 nitrogen and oxygen atoms in total. The quantitative estimate of drug-likeness (QED) is 0.490. The Morgan fingerprint density at radius 1 is 1.24 bits per heavy atom. The number of aryl methyl sites for hydroxylation is 1. The number of thioether (sulfide) groups is 1. The van der Waals surface area contributed by atoms with Crippen molar-refractivity contribution in [1.82, 2.24) is 9.47 Å². The van der Waals surface area contributed by atoms with E-state index in [4.69, 9.17) is 17.0 Å². The number of fused-ring (bicyclic) bond motifs is 5. The standard InChI is InChI=1S/C24H27N3O4S3/c1-31-23(30)21-16-5-2-3-7-18(16)34-22(21)25-19(28)13-33-24(32)26-10-14-9-15(12-26)17-6-4-8-20(29)27(17)11-14/h4,6,8,14-15H,2-3,5,7,9-13H2,1H3,(H,25,28)/t14-,15+/m0/s1. The molecule has 0 aromatic carbocycles. The molecule has 2 aromatic rings. The highest BCUT2D eigenvalue weighted by Gasteiger charge is 2.35. The van der Waals surface area contributed by atoms with Gasteiger partial charge in [0.15, 0.2) is 0 Å². The van der Waals surface area contributed by atoms with E-state index in [0.29, 0.717) is 20.8 Å². The fraction of sp³-hybridized carbons (Fsp3) is 0.500. The van der Waals surface area contributed by atoms with E-state index in [0.717, 1.165) is 63.0 Å². The summed E-state index contributed by atoms with van der Waals surface area (Å²) in [5.74, 6) is 0.263. The molecule has 10 heteroatoms. The van der Waals surface area contributed by atoms with Crippen LogP contribution in [-0.4, -0.2) is 51.6 Å². The van der Waals surface area contributed by atoms with E-state index in [-0.39, 0.29) is 23.1 Å². The second kappa shape index (κ2) is 9.83. The first-order valence-electron chi connectivity index (χ1n) is 11.6. The minimum absolute atomic E-state index is 0.0656. The fourth-order valence-electron chi connectivity index (χ4n) is 5.40. The van der Waals surface area contributed by atoms with E-state index < -0.39 is 5.97 Å². The number of hydrogen-bond acceptors (Lipinski definition) is 7. The lowest BCUT2D eigenvalue weighted by molar-refractivity contribution is -0.113. The number of carbonyl (C=O) groups is 2. The highest BCUT2D eigenvalue weighted by molar-refractivity contribution is 8.23. The first-order valence-corrected chi connectivity index (χ1v) is 13.8. The van der Waals surface area contributed by atoms with E-state index >= 15 is 0 Å². The number of methoxy groups -OCH3 is 1. The third kappa shape index (κ3) is 4.55. The van der Waals surface area contributed by atoms with Gasteiger partial charge < -0.3 is 19.5 Å². The van der Waals surface area contributed by atoms with Crippen LogP contribution in [-0.2, 0) is 28.9 Å². The van der Waals surface area contributed by atoms with Crippen LogP contribution in [0.5, 0.6) is 0 Å². The predicted octanol–water partition coefficient (Wildman–Crippen LogP) is 3.65. The molecule has 2 aliphatic heterocycles. The van der Waals surface area contributed by atoms with Gasteiger partial charge in [-0.25, -0.2) is 4.79 Å². The number of likely N-dealkylation sites (tertiary alicyclic amines) is 1. The molecule has 1 amide bonds. The molecular weight excluding hydrogens is 490 g/mol. The zero-order valence-electron chi connectivity index (χ0n) is 19.0. The van der Waals surface area contributed by atoms with Gasteiger partial charge >= 0.3 is 5.97 Å². The molecule has 2 bridgehead atoms. The van der Waals surface area contributed by atoms with Crippen LogP contribution < -0.4 is 10.9 Å². The van der Waals surface area contributed by atoms with Gasteiger partial charge in [-0.15, -0.1) is 11.3 Å². The van der Waals surface area contributed by atoms with Crippen molar-refractivity contribution >= 4 is 56.5 Å². The summed E-state index contributed by atoms with van der Waals surface area (Å²) in [7, 11) is 1.37. The molecule has 180 valence electrons. The Morgan fingerprint density at radius 2 is 2.06 bits per heavy atom. The number of ether oxygens (including phenoxy) is 1. The third-order valence-electron chi connectivity index (χ3n) is 6.88. The van der Waals surface area contributed by atoms with Crippen molar-refractivity contribution in [2.24, 2.45) is 5.92 Å². The second-order valence-electron chi connectivity index (χ2n) is 9.11. The zero-order valence-corrected chi connectivity index (χ0v) is 21.5. The summed E-state index contributed by atoms with van der Waals surface area (Å²) in [6.45, 7) is 2.28. The third-order valence-corrected chi connectivity index (χ3v) is 9.61. The van der Waals surface area contributed by atoms with E-state index in [1.165, 1.54) is 35.1 Å². The van der Waals surface area contributed by atoms with Crippen LogP contribution in [0, 0.1) is 5.92 Å². The lowest BCUT2D eigenvalue weighted by Crippen LogP contribution is -2.48.